The van der Waals surface area contributed by atoms with Gasteiger partial charge in [-0.3, -0.25) is 0 Å². The molecule has 0 bridgehead atoms. The summed E-state index contributed by atoms with van der Waals surface area (Å²) in [6, 6.07) is 4.86. The fourth-order valence-electron chi connectivity index (χ4n) is 1.58. The molecule has 18 heavy (non-hydrogen) atoms. The molecule has 1 aromatic rings. The third-order valence-corrected chi connectivity index (χ3v) is 4.25. The maximum atomic E-state index is 11.6. The van der Waals surface area contributed by atoms with E-state index < -0.39 is 15.4 Å². The molecule has 0 aliphatic heterocycles. The number of nitrogen functional groups attached to an aromatic ring is 1. The van der Waals surface area contributed by atoms with E-state index in [-0.39, 0.29) is 17.2 Å². The van der Waals surface area contributed by atoms with Gasteiger partial charge in [0.05, 0.1) is 28.4 Å². The van der Waals surface area contributed by atoms with Crippen molar-refractivity contribution in [2.24, 2.45) is 0 Å². The summed E-state index contributed by atoms with van der Waals surface area (Å²) in [5.74, 6) is 0. The molecule has 0 amide bonds. The Bertz CT molecular complexity index is 538. The molecule has 0 saturated carbocycles. The van der Waals surface area contributed by atoms with Gasteiger partial charge in [-0.25, -0.2) is 8.42 Å². The predicted octanol–water partition coefficient (Wildman–Crippen LogP) is 0.879. The van der Waals surface area contributed by atoms with Crippen LogP contribution in [0.3, 0.4) is 0 Å². The Labute approximate surface area is 108 Å². The van der Waals surface area contributed by atoms with Crippen molar-refractivity contribution >= 4 is 21.2 Å². The van der Waals surface area contributed by atoms with Crippen molar-refractivity contribution in [3.63, 3.8) is 0 Å². The topological polar surface area (TPSA) is 83.6 Å². The van der Waals surface area contributed by atoms with Gasteiger partial charge < -0.3 is 15.7 Å². The largest absolute Gasteiger partial charge is 0.396 e. The second-order valence-corrected chi connectivity index (χ2v) is 6.97. The maximum Gasteiger partial charge on any atom is 0.177 e. The number of hydrogen-bond donors (Lipinski definition) is 2. The standard InChI is InChI=1S/C12H20N2O3S/c1-12(2,8-15)14(3)9-6-5-7-10(11(9)13)18(4,16)17/h5-7,15H,8,13H2,1-4H3. The van der Waals surface area contributed by atoms with Gasteiger partial charge >= 0.3 is 0 Å². The van der Waals surface area contributed by atoms with Crippen molar-refractivity contribution in [1.82, 2.24) is 0 Å². The Morgan fingerprint density at radius 3 is 2.39 bits per heavy atom. The molecule has 5 nitrogen and oxygen atoms in total. The van der Waals surface area contributed by atoms with E-state index in [1.54, 1.807) is 24.1 Å². The van der Waals surface area contributed by atoms with Crippen LogP contribution in [0.2, 0.25) is 0 Å². The first-order valence-corrected chi connectivity index (χ1v) is 7.43. The Balaban J connectivity index is 3.37. The van der Waals surface area contributed by atoms with Gasteiger partial charge in [-0.15, -0.1) is 0 Å². The zero-order valence-corrected chi connectivity index (χ0v) is 12.0. The van der Waals surface area contributed by atoms with Crippen LogP contribution in [-0.2, 0) is 9.84 Å². The number of para-hydroxylation sites is 1. The number of hydrogen-bond acceptors (Lipinski definition) is 5. The second-order valence-electron chi connectivity index (χ2n) is 4.99. The Morgan fingerprint density at radius 2 is 1.94 bits per heavy atom. The van der Waals surface area contributed by atoms with Crippen LogP contribution in [0.15, 0.2) is 23.1 Å². The van der Waals surface area contributed by atoms with Gasteiger partial charge in [-0.1, -0.05) is 6.07 Å². The molecular weight excluding hydrogens is 252 g/mol. The van der Waals surface area contributed by atoms with Crippen LogP contribution < -0.4 is 10.6 Å². The van der Waals surface area contributed by atoms with Crippen LogP contribution in [0.5, 0.6) is 0 Å². The fraction of sp³-hybridized carbons (Fsp3) is 0.500. The molecule has 0 aromatic heterocycles. The average Bonchev–Trinajstić information content (AvgIpc) is 2.27. The molecule has 0 atom stereocenters. The summed E-state index contributed by atoms with van der Waals surface area (Å²) in [5.41, 5.74) is 6.20. The number of nitrogens with two attached hydrogens (primary N) is 1. The average molecular weight is 272 g/mol. The van der Waals surface area contributed by atoms with Crippen molar-refractivity contribution in [3.8, 4) is 0 Å². The monoisotopic (exact) mass is 272 g/mol. The lowest BCUT2D eigenvalue weighted by Gasteiger charge is -2.36. The lowest BCUT2D eigenvalue weighted by atomic mass is 10.0. The lowest BCUT2D eigenvalue weighted by molar-refractivity contribution is 0.216. The van der Waals surface area contributed by atoms with Gasteiger partial charge in [0.15, 0.2) is 9.84 Å². The van der Waals surface area contributed by atoms with Crippen LogP contribution in [0.4, 0.5) is 11.4 Å². The van der Waals surface area contributed by atoms with E-state index in [2.05, 4.69) is 0 Å². The minimum absolute atomic E-state index is 0.0634. The molecule has 0 aliphatic rings. The van der Waals surface area contributed by atoms with Crippen molar-refractivity contribution in [1.29, 1.82) is 0 Å². The number of sulfone groups is 1. The van der Waals surface area contributed by atoms with Crippen molar-refractivity contribution < 1.29 is 13.5 Å². The summed E-state index contributed by atoms with van der Waals surface area (Å²) in [4.78, 5) is 1.89. The molecule has 0 unspecified atom stereocenters. The quantitative estimate of drug-likeness (QED) is 0.795. The molecule has 0 aliphatic carbocycles. The lowest BCUT2D eigenvalue weighted by Crippen LogP contribution is -2.44. The molecule has 0 saturated heterocycles. The van der Waals surface area contributed by atoms with E-state index in [1.807, 2.05) is 13.8 Å². The predicted molar refractivity (Wildman–Crippen MR) is 73.5 cm³/mol. The van der Waals surface area contributed by atoms with E-state index in [1.165, 1.54) is 6.07 Å². The van der Waals surface area contributed by atoms with Gasteiger partial charge in [-0.05, 0) is 26.0 Å². The van der Waals surface area contributed by atoms with E-state index in [4.69, 9.17) is 5.73 Å². The highest BCUT2D eigenvalue weighted by atomic mass is 32.2. The van der Waals surface area contributed by atoms with Crippen LogP contribution in [0.25, 0.3) is 0 Å². The summed E-state index contributed by atoms with van der Waals surface area (Å²) in [7, 11) is -1.58. The van der Waals surface area contributed by atoms with Crippen molar-refractivity contribution in [2.45, 2.75) is 24.3 Å². The van der Waals surface area contributed by atoms with Gasteiger partial charge in [-0.2, -0.15) is 0 Å². The number of aliphatic hydroxyl groups is 1. The zero-order chi connectivity index (χ0) is 14.1. The molecule has 6 heteroatoms. The third kappa shape index (κ3) is 2.76. The number of rotatable bonds is 4. The summed E-state index contributed by atoms with van der Waals surface area (Å²) < 4.78 is 23.2. The highest BCUT2D eigenvalue weighted by Gasteiger charge is 2.26. The number of aliphatic hydroxyl groups excluding tert-OH is 1. The van der Waals surface area contributed by atoms with Crippen LogP contribution >= 0.6 is 0 Å². The van der Waals surface area contributed by atoms with E-state index in [0.29, 0.717) is 5.69 Å². The molecule has 1 aromatic carbocycles. The van der Waals surface area contributed by atoms with Gasteiger partial charge in [0.2, 0.25) is 0 Å². The molecular formula is C12H20N2O3S. The molecule has 102 valence electrons. The number of nitrogens with zero attached hydrogens (tertiary/aromatic N) is 1. The summed E-state index contributed by atoms with van der Waals surface area (Å²) in [6.07, 6.45) is 1.12. The molecule has 0 fully saturated rings. The molecule has 0 heterocycles. The molecule has 0 radical (unpaired) electrons. The highest BCUT2D eigenvalue weighted by Crippen LogP contribution is 2.32. The number of likely N-dealkylation sites (N-methyl/N-ethyl adjacent to an activating group) is 1. The summed E-state index contributed by atoms with van der Waals surface area (Å²) in [5, 5.41) is 9.35. The minimum atomic E-state index is -3.36. The van der Waals surface area contributed by atoms with Crippen LogP contribution in [-0.4, -0.2) is 39.0 Å². The second kappa shape index (κ2) is 4.78. The SMILES string of the molecule is CN(c1cccc(S(C)(=O)=O)c1N)C(C)(C)CO. The van der Waals surface area contributed by atoms with Crippen LogP contribution in [0.1, 0.15) is 13.8 Å². The zero-order valence-electron chi connectivity index (χ0n) is 11.1. The number of anilines is 2. The van der Waals surface area contributed by atoms with Crippen LogP contribution in [0, 0.1) is 0 Å². The first-order chi connectivity index (χ1) is 8.11. The van der Waals surface area contributed by atoms with E-state index in [0.717, 1.165) is 6.26 Å². The third-order valence-electron chi connectivity index (χ3n) is 3.10. The minimum Gasteiger partial charge on any atom is -0.396 e. The fourth-order valence-corrected chi connectivity index (χ4v) is 2.41. The molecule has 1 rings (SSSR count). The summed E-state index contributed by atoms with van der Waals surface area (Å²) >= 11 is 0. The van der Waals surface area contributed by atoms with Gasteiger partial charge in [0, 0.05) is 13.3 Å². The summed E-state index contributed by atoms with van der Waals surface area (Å²) in [6.45, 7) is 3.63. The van der Waals surface area contributed by atoms with Crippen molar-refractivity contribution in [2.75, 3.05) is 30.5 Å². The van der Waals surface area contributed by atoms with E-state index in [9.17, 15) is 13.5 Å². The Morgan fingerprint density at radius 1 is 1.39 bits per heavy atom. The Kier molecular flexibility index (Phi) is 3.92. The first-order valence-electron chi connectivity index (χ1n) is 5.54. The first kappa shape index (κ1) is 14.8. The smallest absolute Gasteiger partial charge is 0.177 e. The highest BCUT2D eigenvalue weighted by molar-refractivity contribution is 7.90. The molecule has 3 N–H and O–H groups in total. The molecule has 0 spiro atoms. The number of benzene rings is 1. The van der Waals surface area contributed by atoms with Gasteiger partial charge in [0.25, 0.3) is 0 Å². The van der Waals surface area contributed by atoms with E-state index >= 15 is 0 Å². The normalized spacial score (nSPS) is 12.5. The van der Waals surface area contributed by atoms with Gasteiger partial charge in [0.1, 0.15) is 0 Å². The van der Waals surface area contributed by atoms with Crippen molar-refractivity contribution in [3.05, 3.63) is 18.2 Å². The maximum absolute atomic E-state index is 11.6. The Hall–Kier alpha value is -1.27.